The van der Waals surface area contributed by atoms with Crippen LogP contribution in [0.3, 0.4) is 0 Å². The Hall–Kier alpha value is -1.42. The standard InChI is InChI=1S/C13H17FN2O/c1-9(11-5-3-4-6-12(11)14)16(2)13(17)10-7-15-8-10/h3-6,9-10,15H,7-8H2,1-2H3. The molecule has 0 aliphatic carbocycles. The van der Waals surface area contributed by atoms with Gasteiger partial charge in [0.1, 0.15) is 5.82 Å². The van der Waals surface area contributed by atoms with Crippen LogP contribution in [0.25, 0.3) is 0 Å². The van der Waals surface area contributed by atoms with Gasteiger partial charge in [0.2, 0.25) is 5.91 Å². The van der Waals surface area contributed by atoms with Crippen LogP contribution >= 0.6 is 0 Å². The molecule has 4 heteroatoms. The van der Waals surface area contributed by atoms with Gasteiger partial charge in [-0.15, -0.1) is 0 Å². The number of carbonyl (C=O) groups is 1. The number of hydrogen-bond donors (Lipinski definition) is 1. The summed E-state index contributed by atoms with van der Waals surface area (Å²) in [5.74, 6) is -0.125. The van der Waals surface area contributed by atoms with Crippen LogP contribution in [0, 0.1) is 11.7 Å². The van der Waals surface area contributed by atoms with Crippen molar-refractivity contribution in [2.45, 2.75) is 13.0 Å². The Morgan fingerprint density at radius 3 is 2.65 bits per heavy atom. The van der Waals surface area contributed by atoms with Gasteiger partial charge < -0.3 is 10.2 Å². The lowest BCUT2D eigenvalue weighted by Crippen LogP contribution is -2.51. The van der Waals surface area contributed by atoms with E-state index in [2.05, 4.69) is 5.32 Å². The van der Waals surface area contributed by atoms with Gasteiger partial charge in [0, 0.05) is 25.7 Å². The Labute approximate surface area is 101 Å². The van der Waals surface area contributed by atoms with Crippen molar-refractivity contribution < 1.29 is 9.18 Å². The predicted molar refractivity (Wildman–Crippen MR) is 63.9 cm³/mol. The van der Waals surface area contributed by atoms with Crippen molar-refractivity contribution in [2.24, 2.45) is 5.92 Å². The fourth-order valence-electron chi connectivity index (χ4n) is 1.96. The lowest BCUT2D eigenvalue weighted by Gasteiger charge is -2.33. The predicted octanol–water partition coefficient (Wildman–Crippen LogP) is 1.56. The summed E-state index contributed by atoms with van der Waals surface area (Å²) in [6.45, 7) is 3.31. The Balaban J connectivity index is 2.11. The summed E-state index contributed by atoms with van der Waals surface area (Å²) >= 11 is 0. The van der Waals surface area contributed by atoms with Crippen LogP contribution in [0.5, 0.6) is 0 Å². The fraction of sp³-hybridized carbons (Fsp3) is 0.462. The minimum Gasteiger partial charge on any atom is -0.339 e. The summed E-state index contributed by atoms with van der Waals surface area (Å²) in [6, 6.07) is 6.36. The van der Waals surface area contributed by atoms with Gasteiger partial charge in [0.25, 0.3) is 0 Å². The first-order valence-corrected chi connectivity index (χ1v) is 5.83. The number of halogens is 1. The SMILES string of the molecule is CC(c1ccccc1F)N(C)C(=O)C1CNC1. The monoisotopic (exact) mass is 236 g/mol. The third kappa shape index (κ3) is 2.31. The van der Waals surface area contributed by atoms with Crippen LogP contribution in [0.4, 0.5) is 4.39 Å². The lowest BCUT2D eigenvalue weighted by molar-refractivity contribution is -0.137. The molecule has 1 aliphatic heterocycles. The molecule has 0 spiro atoms. The van der Waals surface area contributed by atoms with E-state index in [9.17, 15) is 9.18 Å². The largest absolute Gasteiger partial charge is 0.339 e. The quantitative estimate of drug-likeness (QED) is 0.864. The molecule has 92 valence electrons. The first-order valence-electron chi connectivity index (χ1n) is 5.83. The fourth-order valence-corrected chi connectivity index (χ4v) is 1.96. The molecule has 1 amide bonds. The summed E-state index contributed by atoms with van der Waals surface area (Å²) < 4.78 is 13.6. The number of nitrogens with zero attached hydrogens (tertiary/aromatic N) is 1. The maximum absolute atomic E-state index is 13.6. The van der Waals surface area contributed by atoms with E-state index in [0.29, 0.717) is 5.56 Å². The van der Waals surface area contributed by atoms with E-state index in [4.69, 9.17) is 0 Å². The highest BCUT2D eigenvalue weighted by Crippen LogP contribution is 2.23. The average Bonchev–Trinajstić information content (AvgIpc) is 2.25. The lowest BCUT2D eigenvalue weighted by atomic mass is 9.99. The number of benzene rings is 1. The van der Waals surface area contributed by atoms with Gasteiger partial charge in [-0.1, -0.05) is 18.2 Å². The highest BCUT2D eigenvalue weighted by molar-refractivity contribution is 5.80. The topological polar surface area (TPSA) is 32.3 Å². The Morgan fingerprint density at radius 1 is 1.47 bits per heavy atom. The normalized spacial score (nSPS) is 17.4. The Morgan fingerprint density at radius 2 is 2.12 bits per heavy atom. The van der Waals surface area contributed by atoms with E-state index in [1.807, 2.05) is 6.92 Å². The third-order valence-electron chi connectivity index (χ3n) is 3.41. The first-order chi connectivity index (χ1) is 8.11. The number of hydrogen-bond acceptors (Lipinski definition) is 2. The van der Waals surface area contributed by atoms with Crippen molar-refractivity contribution in [1.82, 2.24) is 10.2 Å². The molecule has 0 aromatic heterocycles. The zero-order chi connectivity index (χ0) is 12.4. The highest BCUT2D eigenvalue weighted by atomic mass is 19.1. The molecular formula is C13H17FN2O. The van der Waals surface area contributed by atoms with Crippen molar-refractivity contribution in [1.29, 1.82) is 0 Å². The molecule has 3 nitrogen and oxygen atoms in total. The van der Waals surface area contributed by atoms with Crippen LogP contribution in [0.1, 0.15) is 18.5 Å². The van der Waals surface area contributed by atoms with Crippen molar-refractivity contribution in [3.63, 3.8) is 0 Å². The van der Waals surface area contributed by atoms with Crippen molar-refractivity contribution in [3.8, 4) is 0 Å². The van der Waals surface area contributed by atoms with E-state index in [0.717, 1.165) is 13.1 Å². The Kier molecular flexibility index (Phi) is 3.43. The molecule has 2 rings (SSSR count). The molecule has 0 bridgehead atoms. The van der Waals surface area contributed by atoms with Gasteiger partial charge in [-0.25, -0.2) is 4.39 Å². The number of carbonyl (C=O) groups excluding carboxylic acids is 1. The first kappa shape index (κ1) is 12.0. The summed E-state index contributed by atoms with van der Waals surface area (Å²) in [5, 5.41) is 3.07. The second-order valence-corrected chi connectivity index (χ2v) is 4.50. The number of nitrogens with one attached hydrogen (secondary N) is 1. The molecule has 1 aromatic rings. The smallest absolute Gasteiger partial charge is 0.228 e. The van der Waals surface area contributed by atoms with Gasteiger partial charge >= 0.3 is 0 Å². The zero-order valence-corrected chi connectivity index (χ0v) is 10.1. The number of rotatable bonds is 3. The van der Waals surface area contributed by atoms with E-state index < -0.39 is 0 Å². The van der Waals surface area contributed by atoms with Crippen molar-refractivity contribution >= 4 is 5.91 Å². The minimum absolute atomic E-state index is 0.0502. The maximum Gasteiger partial charge on any atom is 0.228 e. The molecule has 0 radical (unpaired) electrons. The van der Waals surface area contributed by atoms with Gasteiger partial charge in [0.05, 0.1) is 12.0 Å². The van der Waals surface area contributed by atoms with Crippen molar-refractivity contribution in [3.05, 3.63) is 35.6 Å². The second kappa shape index (κ2) is 4.84. The van der Waals surface area contributed by atoms with E-state index in [-0.39, 0.29) is 23.7 Å². The van der Waals surface area contributed by atoms with Gasteiger partial charge in [0.15, 0.2) is 0 Å². The molecule has 17 heavy (non-hydrogen) atoms. The molecule has 1 unspecified atom stereocenters. The van der Waals surface area contributed by atoms with Crippen LogP contribution in [0.15, 0.2) is 24.3 Å². The van der Waals surface area contributed by atoms with E-state index in [1.165, 1.54) is 6.07 Å². The molecule has 1 N–H and O–H groups in total. The molecule has 1 atom stereocenters. The van der Waals surface area contributed by atoms with E-state index in [1.54, 1.807) is 30.1 Å². The molecule has 1 heterocycles. The summed E-state index contributed by atoms with van der Waals surface area (Å²) in [5.41, 5.74) is 0.565. The summed E-state index contributed by atoms with van der Waals surface area (Å²) in [6.07, 6.45) is 0. The van der Waals surface area contributed by atoms with Crippen molar-refractivity contribution in [2.75, 3.05) is 20.1 Å². The van der Waals surface area contributed by atoms with Crippen LogP contribution in [-0.2, 0) is 4.79 Å². The molecule has 1 saturated heterocycles. The molecule has 1 fully saturated rings. The molecule has 0 saturated carbocycles. The van der Waals surface area contributed by atoms with Gasteiger partial charge in [-0.05, 0) is 13.0 Å². The maximum atomic E-state index is 13.6. The summed E-state index contributed by atoms with van der Waals surface area (Å²) in [4.78, 5) is 13.6. The Bertz CT molecular complexity index is 418. The van der Waals surface area contributed by atoms with Crippen LogP contribution in [-0.4, -0.2) is 30.9 Å². The highest BCUT2D eigenvalue weighted by Gasteiger charge is 2.30. The van der Waals surface area contributed by atoms with E-state index >= 15 is 0 Å². The van der Waals surface area contributed by atoms with Crippen LogP contribution in [0.2, 0.25) is 0 Å². The minimum atomic E-state index is -0.258. The molecule has 1 aromatic carbocycles. The zero-order valence-electron chi connectivity index (χ0n) is 10.1. The third-order valence-corrected chi connectivity index (χ3v) is 3.41. The average molecular weight is 236 g/mol. The van der Waals surface area contributed by atoms with Gasteiger partial charge in [-0.2, -0.15) is 0 Å². The second-order valence-electron chi connectivity index (χ2n) is 4.50. The molecule has 1 aliphatic rings. The van der Waals surface area contributed by atoms with Crippen LogP contribution < -0.4 is 5.32 Å². The van der Waals surface area contributed by atoms with Gasteiger partial charge in [-0.3, -0.25) is 4.79 Å². The molecular weight excluding hydrogens is 219 g/mol. The number of amides is 1. The summed E-state index contributed by atoms with van der Waals surface area (Å²) in [7, 11) is 1.73.